The zero-order chi connectivity index (χ0) is 19.8. The van der Waals surface area contributed by atoms with E-state index in [1.165, 1.54) is 5.56 Å². The standard InChI is InChI=1S/C27H19ClO/c1-18-12-14-24-22(16-18)26(19-8-4-2-5-9-19)27(20-10-6-3-7-11-20)23-17-21(28)13-15-25(23)29-24/h2-17H,1H3. The quantitative estimate of drug-likeness (QED) is 0.297. The molecule has 2 heteroatoms. The van der Waals surface area contributed by atoms with Gasteiger partial charge in [-0.15, -0.1) is 0 Å². The van der Waals surface area contributed by atoms with Gasteiger partial charge in [-0.2, -0.15) is 0 Å². The van der Waals surface area contributed by atoms with Gasteiger partial charge in [-0.25, -0.2) is 0 Å². The van der Waals surface area contributed by atoms with E-state index in [1.807, 2.05) is 30.3 Å². The monoisotopic (exact) mass is 394 g/mol. The third kappa shape index (κ3) is 3.24. The molecule has 1 aliphatic heterocycles. The smallest absolute Gasteiger partial charge is 0.135 e. The highest BCUT2D eigenvalue weighted by molar-refractivity contribution is 6.31. The number of fused-ring (bicyclic) bond motifs is 2. The van der Waals surface area contributed by atoms with Gasteiger partial charge >= 0.3 is 0 Å². The van der Waals surface area contributed by atoms with Gasteiger partial charge in [-0.3, -0.25) is 0 Å². The van der Waals surface area contributed by atoms with Crippen LogP contribution in [0, 0.1) is 6.92 Å². The molecule has 0 N–H and O–H groups in total. The molecule has 5 rings (SSSR count). The van der Waals surface area contributed by atoms with Gasteiger partial charge in [-0.1, -0.05) is 83.9 Å². The van der Waals surface area contributed by atoms with E-state index in [9.17, 15) is 0 Å². The van der Waals surface area contributed by atoms with Crippen molar-refractivity contribution in [1.82, 2.24) is 0 Å². The zero-order valence-corrected chi connectivity index (χ0v) is 16.8. The molecule has 0 atom stereocenters. The SMILES string of the molecule is Cc1ccc2c(c1)C(c1ccccc1)=C(c1ccccc1)c1cc(Cl)ccc1O2. The van der Waals surface area contributed by atoms with Crippen LogP contribution in [0.2, 0.25) is 5.02 Å². The van der Waals surface area contributed by atoms with Crippen LogP contribution in [-0.2, 0) is 0 Å². The lowest BCUT2D eigenvalue weighted by Crippen LogP contribution is -1.96. The van der Waals surface area contributed by atoms with Crippen LogP contribution in [-0.4, -0.2) is 0 Å². The van der Waals surface area contributed by atoms with E-state index in [1.54, 1.807) is 0 Å². The number of halogens is 1. The van der Waals surface area contributed by atoms with Crippen LogP contribution in [0.1, 0.15) is 27.8 Å². The molecule has 0 radical (unpaired) electrons. The lowest BCUT2D eigenvalue weighted by atomic mass is 9.85. The molecule has 0 aromatic heterocycles. The van der Waals surface area contributed by atoms with Gasteiger partial charge in [0.25, 0.3) is 0 Å². The molecule has 1 heterocycles. The molecule has 0 spiro atoms. The highest BCUT2D eigenvalue weighted by Gasteiger charge is 2.25. The van der Waals surface area contributed by atoms with Gasteiger partial charge in [0.1, 0.15) is 11.5 Å². The molecule has 1 nitrogen and oxygen atoms in total. The summed E-state index contributed by atoms with van der Waals surface area (Å²) in [5, 5.41) is 0.690. The fourth-order valence-electron chi connectivity index (χ4n) is 3.91. The minimum atomic E-state index is 0.690. The Hall–Kier alpha value is -3.29. The summed E-state index contributed by atoms with van der Waals surface area (Å²) in [6.07, 6.45) is 0. The maximum absolute atomic E-state index is 6.43. The first-order valence-electron chi connectivity index (χ1n) is 9.64. The molecule has 4 aromatic rings. The first kappa shape index (κ1) is 17.8. The molecular formula is C27H19ClO. The van der Waals surface area contributed by atoms with Crippen LogP contribution in [0.5, 0.6) is 11.5 Å². The van der Waals surface area contributed by atoms with Crippen LogP contribution >= 0.6 is 11.6 Å². The molecule has 0 bridgehead atoms. The van der Waals surface area contributed by atoms with Gasteiger partial charge < -0.3 is 4.74 Å². The molecule has 0 amide bonds. The Morgan fingerprint density at radius 2 is 1.10 bits per heavy atom. The van der Waals surface area contributed by atoms with E-state index in [4.69, 9.17) is 16.3 Å². The van der Waals surface area contributed by atoms with Crippen molar-refractivity contribution in [2.75, 3.05) is 0 Å². The summed E-state index contributed by atoms with van der Waals surface area (Å²) in [7, 11) is 0. The van der Waals surface area contributed by atoms with E-state index < -0.39 is 0 Å². The predicted octanol–water partition coefficient (Wildman–Crippen LogP) is 7.76. The number of benzene rings is 4. The van der Waals surface area contributed by atoms with Crippen molar-refractivity contribution in [3.63, 3.8) is 0 Å². The molecular weight excluding hydrogens is 376 g/mol. The van der Waals surface area contributed by atoms with Crippen LogP contribution in [0.25, 0.3) is 11.1 Å². The molecule has 0 fully saturated rings. The van der Waals surface area contributed by atoms with Crippen LogP contribution < -0.4 is 4.74 Å². The fourth-order valence-corrected chi connectivity index (χ4v) is 4.08. The van der Waals surface area contributed by atoms with Crippen molar-refractivity contribution in [1.29, 1.82) is 0 Å². The van der Waals surface area contributed by atoms with E-state index in [0.29, 0.717) is 5.02 Å². The van der Waals surface area contributed by atoms with Crippen molar-refractivity contribution >= 4 is 22.7 Å². The molecule has 4 aromatic carbocycles. The summed E-state index contributed by atoms with van der Waals surface area (Å²) in [4.78, 5) is 0. The number of ether oxygens (including phenoxy) is 1. The predicted molar refractivity (Wildman–Crippen MR) is 121 cm³/mol. The van der Waals surface area contributed by atoms with Crippen molar-refractivity contribution < 1.29 is 4.74 Å². The highest BCUT2D eigenvalue weighted by atomic mass is 35.5. The average Bonchev–Trinajstić information content (AvgIpc) is 2.89. The number of hydrogen-bond acceptors (Lipinski definition) is 1. The highest BCUT2D eigenvalue weighted by Crippen LogP contribution is 2.48. The minimum absolute atomic E-state index is 0.690. The van der Waals surface area contributed by atoms with Gasteiger partial charge in [-0.05, 0) is 48.4 Å². The molecule has 0 saturated carbocycles. The lowest BCUT2D eigenvalue weighted by molar-refractivity contribution is 0.481. The summed E-state index contributed by atoms with van der Waals surface area (Å²) in [5.41, 5.74) is 7.83. The molecule has 0 aliphatic carbocycles. The van der Waals surface area contributed by atoms with Crippen LogP contribution in [0.15, 0.2) is 97.1 Å². The van der Waals surface area contributed by atoms with Crippen molar-refractivity contribution in [3.8, 4) is 11.5 Å². The Balaban J connectivity index is 1.97. The molecule has 0 unspecified atom stereocenters. The first-order chi connectivity index (χ1) is 14.2. The second-order valence-corrected chi connectivity index (χ2v) is 7.66. The van der Waals surface area contributed by atoms with Crippen molar-refractivity contribution in [2.24, 2.45) is 0 Å². The minimum Gasteiger partial charge on any atom is -0.456 e. The Labute approximate surface area is 175 Å². The van der Waals surface area contributed by atoms with E-state index in [0.717, 1.165) is 44.9 Å². The van der Waals surface area contributed by atoms with Gasteiger partial charge in [0.05, 0.1) is 0 Å². The van der Waals surface area contributed by atoms with E-state index in [2.05, 4.69) is 73.7 Å². The van der Waals surface area contributed by atoms with Crippen molar-refractivity contribution in [3.05, 3.63) is 130 Å². The molecule has 0 saturated heterocycles. The summed E-state index contributed by atoms with van der Waals surface area (Å²) >= 11 is 6.43. The van der Waals surface area contributed by atoms with Crippen molar-refractivity contribution in [2.45, 2.75) is 6.92 Å². The van der Waals surface area contributed by atoms with E-state index >= 15 is 0 Å². The summed E-state index contributed by atoms with van der Waals surface area (Å²) in [6.45, 7) is 2.11. The largest absolute Gasteiger partial charge is 0.456 e. The summed E-state index contributed by atoms with van der Waals surface area (Å²) in [5.74, 6) is 1.66. The normalized spacial score (nSPS) is 12.6. The average molecular weight is 395 g/mol. The fraction of sp³-hybridized carbons (Fsp3) is 0.0370. The van der Waals surface area contributed by atoms with Gasteiger partial charge in [0.2, 0.25) is 0 Å². The summed E-state index contributed by atoms with van der Waals surface area (Å²) in [6, 6.07) is 33.1. The first-order valence-corrected chi connectivity index (χ1v) is 10.0. The number of rotatable bonds is 2. The lowest BCUT2D eigenvalue weighted by Gasteiger charge is -2.16. The zero-order valence-electron chi connectivity index (χ0n) is 16.0. The second kappa shape index (κ2) is 7.27. The third-order valence-electron chi connectivity index (χ3n) is 5.21. The Kier molecular flexibility index (Phi) is 4.46. The maximum atomic E-state index is 6.43. The van der Waals surface area contributed by atoms with E-state index in [-0.39, 0.29) is 0 Å². The van der Waals surface area contributed by atoms with Crippen LogP contribution in [0.4, 0.5) is 0 Å². The van der Waals surface area contributed by atoms with Crippen LogP contribution in [0.3, 0.4) is 0 Å². The van der Waals surface area contributed by atoms with Gasteiger partial charge in [0, 0.05) is 27.3 Å². The maximum Gasteiger partial charge on any atom is 0.135 e. The molecule has 1 aliphatic rings. The Bertz CT molecular complexity index is 1130. The number of aryl methyl sites for hydroxylation is 1. The number of hydrogen-bond donors (Lipinski definition) is 0. The second-order valence-electron chi connectivity index (χ2n) is 7.22. The third-order valence-corrected chi connectivity index (χ3v) is 5.45. The Morgan fingerprint density at radius 3 is 1.69 bits per heavy atom. The van der Waals surface area contributed by atoms with Gasteiger partial charge in [0.15, 0.2) is 0 Å². The molecule has 140 valence electrons. The summed E-state index contributed by atoms with van der Waals surface area (Å²) < 4.78 is 6.42. The molecule has 29 heavy (non-hydrogen) atoms. The Morgan fingerprint density at radius 1 is 0.586 bits per heavy atom. The topological polar surface area (TPSA) is 9.23 Å².